The van der Waals surface area contributed by atoms with Crippen molar-refractivity contribution in [2.75, 3.05) is 13.2 Å². The third-order valence-electron chi connectivity index (χ3n) is 6.47. The van der Waals surface area contributed by atoms with Crippen LogP contribution in [0.3, 0.4) is 0 Å². The lowest BCUT2D eigenvalue weighted by molar-refractivity contribution is 0.0571. The van der Waals surface area contributed by atoms with Crippen LogP contribution in [-0.2, 0) is 4.74 Å². The molecule has 0 spiro atoms. The Morgan fingerprint density at radius 1 is 0.773 bits per heavy atom. The van der Waals surface area contributed by atoms with Gasteiger partial charge >= 0.3 is 0 Å². The van der Waals surface area contributed by atoms with Gasteiger partial charge in [0.25, 0.3) is 0 Å². The molecule has 0 aromatic carbocycles. The summed E-state index contributed by atoms with van der Waals surface area (Å²) in [5.74, 6) is 5.25. The van der Waals surface area contributed by atoms with Crippen molar-refractivity contribution in [3.63, 3.8) is 0 Å². The first kappa shape index (κ1) is 14.5. The summed E-state index contributed by atoms with van der Waals surface area (Å²) in [5.41, 5.74) is 0. The molecule has 4 rings (SSSR count). The van der Waals surface area contributed by atoms with Crippen LogP contribution < -0.4 is 0 Å². The molecule has 0 radical (unpaired) electrons. The zero-order valence-electron chi connectivity index (χ0n) is 13.6. The predicted octanol–water partition coefficient (Wildman–Crippen LogP) is 4.79. The molecule has 4 aliphatic carbocycles. The second-order valence-electron chi connectivity index (χ2n) is 7.78. The zero-order chi connectivity index (χ0) is 14.9. The Labute approximate surface area is 134 Å². The van der Waals surface area contributed by atoms with Crippen molar-refractivity contribution in [3.05, 3.63) is 48.6 Å². The molecule has 0 bridgehead atoms. The molecule has 0 aromatic heterocycles. The van der Waals surface area contributed by atoms with Gasteiger partial charge < -0.3 is 4.74 Å². The van der Waals surface area contributed by atoms with E-state index < -0.39 is 0 Å². The van der Waals surface area contributed by atoms with E-state index in [1.807, 2.05) is 0 Å². The Morgan fingerprint density at radius 2 is 1.45 bits per heavy atom. The Bertz CT molecular complexity index is 512. The second kappa shape index (κ2) is 6.20. The quantitative estimate of drug-likeness (QED) is 0.725. The molecule has 0 aliphatic heterocycles. The molecule has 0 amide bonds. The van der Waals surface area contributed by atoms with Gasteiger partial charge in [-0.25, -0.2) is 0 Å². The van der Waals surface area contributed by atoms with E-state index in [9.17, 15) is 0 Å². The minimum atomic E-state index is 0.717. The molecule has 2 saturated carbocycles. The molecule has 2 fully saturated rings. The Morgan fingerprint density at radius 3 is 2.32 bits per heavy atom. The summed E-state index contributed by atoms with van der Waals surface area (Å²) in [6.45, 7) is 4.32. The van der Waals surface area contributed by atoms with Crippen LogP contribution in [0.1, 0.15) is 26.2 Å². The summed E-state index contributed by atoms with van der Waals surface area (Å²) in [4.78, 5) is 0. The molecule has 7 unspecified atom stereocenters. The molecule has 118 valence electrons. The third kappa shape index (κ3) is 2.65. The minimum absolute atomic E-state index is 0.717. The van der Waals surface area contributed by atoms with E-state index >= 15 is 0 Å². The van der Waals surface area contributed by atoms with Crippen LogP contribution in [0.5, 0.6) is 0 Å². The molecule has 4 aliphatic rings. The monoisotopic (exact) mass is 296 g/mol. The molecular formula is C21H28O. The second-order valence-corrected chi connectivity index (χ2v) is 7.78. The highest BCUT2D eigenvalue weighted by atomic mass is 16.5. The topological polar surface area (TPSA) is 9.23 Å². The van der Waals surface area contributed by atoms with Gasteiger partial charge in [-0.2, -0.15) is 0 Å². The van der Waals surface area contributed by atoms with Gasteiger partial charge in [-0.3, -0.25) is 0 Å². The van der Waals surface area contributed by atoms with Crippen molar-refractivity contribution >= 4 is 0 Å². The van der Waals surface area contributed by atoms with Crippen LogP contribution >= 0.6 is 0 Å². The molecule has 1 nitrogen and oxygen atoms in total. The summed E-state index contributed by atoms with van der Waals surface area (Å²) < 4.78 is 6.23. The minimum Gasteiger partial charge on any atom is -0.381 e. The first-order valence-corrected chi connectivity index (χ1v) is 9.10. The van der Waals surface area contributed by atoms with Crippen molar-refractivity contribution < 1.29 is 4.74 Å². The number of fused-ring (bicyclic) bond motifs is 2. The summed E-state index contributed by atoms with van der Waals surface area (Å²) in [6.07, 6.45) is 22.5. The third-order valence-corrected chi connectivity index (χ3v) is 6.47. The summed E-state index contributed by atoms with van der Waals surface area (Å²) in [5, 5.41) is 0. The van der Waals surface area contributed by atoms with Gasteiger partial charge in [-0.1, -0.05) is 55.5 Å². The summed E-state index contributed by atoms with van der Waals surface area (Å²) in [6, 6.07) is 0. The molecule has 0 N–H and O–H groups in total. The zero-order valence-corrected chi connectivity index (χ0v) is 13.6. The number of rotatable bonds is 4. The number of allylic oxidation sites excluding steroid dienone is 8. The first-order valence-electron chi connectivity index (χ1n) is 9.10. The van der Waals surface area contributed by atoms with Gasteiger partial charge in [0.1, 0.15) is 0 Å². The van der Waals surface area contributed by atoms with Crippen molar-refractivity contribution in [2.24, 2.45) is 41.4 Å². The van der Waals surface area contributed by atoms with Gasteiger partial charge in [-0.15, -0.1) is 0 Å². The fourth-order valence-electron chi connectivity index (χ4n) is 5.28. The lowest BCUT2D eigenvalue weighted by atomic mass is 9.84. The predicted molar refractivity (Wildman–Crippen MR) is 91.3 cm³/mol. The maximum atomic E-state index is 6.23. The van der Waals surface area contributed by atoms with Gasteiger partial charge in [0.2, 0.25) is 0 Å². The van der Waals surface area contributed by atoms with Gasteiger partial charge in [-0.05, 0) is 60.7 Å². The molecular weight excluding hydrogens is 268 g/mol. The summed E-state index contributed by atoms with van der Waals surface area (Å²) in [7, 11) is 0. The SMILES string of the molecule is CC1CC(COCC2CCC3C=CC=CC32)C2C=CC=CC12. The fraction of sp³-hybridized carbons (Fsp3) is 0.619. The van der Waals surface area contributed by atoms with Crippen LogP contribution in [0.4, 0.5) is 0 Å². The average molecular weight is 296 g/mol. The van der Waals surface area contributed by atoms with Gasteiger partial charge in [0.15, 0.2) is 0 Å². The Hall–Kier alpha value is -1.08. The maximum Gasteiger partial charge on any atom is 0.0500 e. The number of hydrogen-bond donors (Lipinski definition) is 0. The average Bonchev–Trinajstić information content (AvgIpc) is 3.10. The molecule has 22 heavy (non-hydrogen) atoms. The highest BCUT2D eigenvalue weighted by Gasteiger charge is 2.39. The molecule has 1 heteroatoms. The van der Waals surface area contributed by atoms with E-state index in [1.54, 1.807) is 0 Å². The molecule has 7 atom stereocenters. The van der Waals surface area contributed by atoms with E-state index in [2.05, 4.69) is 55.5 Å². The van der Waals surface area contributed by atoms with Gasteiger partial charge in [0, 0.05) is 13.2 Å². The van der Waals surface area contributed by atoms with Crippen LogP contribution in [0.15, 0.2) is 48.6 Å². The van der Waals surface area contributed by atoms with E-state index in [0.717, 1.165) is 48.7 Å². The van der Waals surface area contributed by atoms with E-state index in [1.165, 1.54) is 19.3 Å². The van der Waals surface area contributed by atoms with Crippen LogP contribution in [0.25, 0.3) is 0 Å². The van der Waals surface area contributed by atoms with Crippen molar-refractivity contribution in [3.8, 4) is 0 Å². The van der Waals surface area contributed by atoms with Crippen LogP contribution in [0, 0.1) is 41.4 Å². The Balaban J connectivity index is 1.29. The van der Waals surface area contributed by atoms with Gasteiger partial charge in [0.05, 0.1) is 0 Å². The summed E-state index contributed by atoms with van der Waals surface area (Å²) >= 11 is 0. The van der Waals surface area contributed by atoms with Crippen LogP contribution in [0.2, 0.25) is 0 Å². The van der Waals surface area contributed by atoms with E-state index in [4.69, 9.17) is 4.74 Å². The Kier molecular flexibility index (Phi) is 4.09. The highest BCUT2D eigenvalue weighted by molar-refractivity contribution is 5.19. The van der Waals surface area contributed by atoms with Crippen molar-refractivity contribution in [1.29, 1.82) is 0 Å². The normalized spacial score (nSPS) is 45.2. The molecule has 0 heterocycles. The van der Waals surface area contributed by atoms with Crippen LogP contribution in [-0.4, -0.2) is 13.2 Å². The van der Waals surface area contributed by atoms with Crippen molar-refractivity contribution in [1.82, 2.24) is 0 Å². The number of ether oxygens (including phenoxy) is 1. The number of hydrogen-bond acceptors (Lipinski definition) is 1. The lowest BCUT2D eigenvalue weighted by Gasteiger charge is -2.25. The lowest BCUT2D eigenvalue weighted by Crippen LogP contribution is -2.22. The smallest absolute Gasteiger partial charge is 0.0500 e. The van der Waals surface area contributed by atoms with Crippen molar-refractivity contribution in [2.45, 2.75) is 26.2 Å². The largest absolute Gasteiger partial charge is 0.381 e. The fourth-order valence-corrected chi connectivity index (χ4v) is 5.28. The first-order chi connectivity index (χ1) is 10.8. The van der Waals surface area contributed by atoms with E-state index in [-0.39, 0.29) is 0 Å². The molecule has 0 saturated heterocycles. The standard InChI is InChI=1S/C21H28O/c1-15-12-18(21-9-5-4-7-19(15)21)14-22-13-17-11-10-16-6-2-3-8-20(16)17/h2-9,15-21H,10-14H2,1H3. The molecule has 0 aromatic rings. The van der Waals surface area contributed by atoms with E-state index in [0.29, 0.717) is 5.92 Å². The highest BCUT2D eigenvalue weighted by Crippen LogP contribution is 2.45. The maximum absolute atomic E-state index is 6.23.